The number of hydrogen-bond acceptors (Lipinski definition) is 7. The van der Waals surface area contributed by atoms with Gasteiger partial charge in [-0.1, -0.05) is 187 Å². The van der Waals surface area contributed by atoms with Crippen LogP contribution in [0.3, 0.4) is 0 Å². The zero-order valence-corrected chi connectivity index (χ0v) is 58.4. The molecular formula is C66H86Br4N2Ni2O5P2. The Balaban J connectivity index is 0.00000168. The van der Waals surface area contributed by atoms with E-state index in [1.165, 1.54) is 96.6 Å². The molecule has 0 spiro atoms. The van der Waals surface area contributed by atoms with Crippen LogP contribution in [0.5, 0.6) is 0 Å². The maximum absolute atomic E-state index is 5.69. The van der Waals surface area contributed by atoms with E-state index in [9.17, 15) is 0 Å². The minimum Gasteiger partial charge on any atom is -1.00 e. The Labute approximate surface area is 552 Å². The first-order valence-electron chi connectivity index (χ1n) is 27.7. The summed E-state index contributed by atoms with van der Waals surface area (Å²) >= 11 is 0. The zero-order chi connectivity index (χ0) is 52.8. The van der Waals surface area contributed by atoms with Crippen molar-refractivity contribution in [2.75, 3.05) is 66.1 Å². The summed E-state index contributed by atoms with van der Waals surface area (Å²) in [5.74, 6) is 0. The van der Waals surface area contributed by atoms with Crippen LogP contribution in [0.1, 0.15) is 117 Å². The van der Waals surface area contributed by atoms with E-state index in [0.29, 0.717) is 0 Å². The normalized spacial score (nSPS) is 15.3. The van der Waals surface area contributed by atoms with Crippen molar-refractivity contribution in [2.45, 2.75) is 117 Å². The van der Waals surface area contributed by atoms with Crippen LogP contribution in [-0.2, 0) is 67.5 Å². The van der Waals surface area contributed by atoms with Gasteiger partial charge in [-0.3, -0.25) is 0 Å². The van der Waals surface area contributed by atoms with E-state index in [4.69, 9.17) is 33.7 Å². The molecule has 81 heavy (non-hydrogen) atoms. The number of hydrogen-bond donors (Lipinski definition) is 0. The molecule has 0 unspecified atom stereocenters. The van der Waals surface area contributed by atoms with Gasteiger partial charge in [0.1, 0.15) is 0 Å². The predicted molar refractivity (Wildman–Crippen MR) is 323 cm³/mol. The molecule has 6 aromatic carbocycles. The third-order valence-corrected chi connectivity index (χ3v) is 17.7. The molecule has 7 nitrogen and oxygen atoms in total. The summed E-state index contributed by atoms with van der Waals surface area (Å²) in [6.45, 7) is 23.5. The summed E-state index contributed by atoms with van der Waals surface area (Å²) in [6, 6.07) is 61.1. The first kappa shape index (κ1) is 79.2. The van der Waals surface area contributed by atoms with Crippen molar-refractivity contribution in [1.82, 2.24) is 0 Å². The van der Waals surface area contributed by atoms with Gasteiger partial charge >= 0.3 is 33.0 Å². The van der Waals surface area contributed by atoms with Gasteiger partial charge in [-0.2, -0.15) is 0 Å². The molecule has 0 saturated carbocycles. The second-order valence-corrected chi connectivity index (χ2v) is 25.3. The average Bonchev–Trinajstić information content (AvgIpc) is 4.30. The van der Waals surface area contributed by atoms with Crippen LogP contribution >= 0.6 is 15.8 Å². The van der Waals surface area contributed by atoms with E-state index in [1.807, 2.05) is 0 Å². The zero-order valence-electron chi connectivity index (χ0n) is 48.3. The molecule has 11 rings (SSSR count). The number of halogens is 4. The Morgan fingerprint density at radius 2 is 0.481 bits per heavy atom. The molecule has 5 heterocycles. The smallest absolute Gasteiger partial charge is 1.00 e. The van der Waals surface area contributed by atoms with Crippen LogP contribution in [-0.4, -0.2) is 77.0 Å². The van der Waals surface area contributed by atoms with Gasteiger partial charge < -0.3 is 91.6 Å². The van der Waals surface area contributed by atoms with Crippen molar-refractivity contribution in [3.05, 3.63) is 181 Å². The molecule has 5 fully saturated rings. The fourth-order valence-electron chi connectivity index (χ4n) is 8.36. The third kappa shape index (κ3) is 29.9. The molecule has 448 valence electrons. The molecule has 0 aliphatic carbocycles. The standard InChI is InChI=1S/C46H46N2P2.5C4H8O.4BrH.2Ni/c1-45(2,3)35-27-31-37(32-28-35)47-43(49(39-19-11-7-12-20-39)40-21-13-8-14-22-40)44(48-38-33-29-36(30-34-38)46(4,5)6)50(41-23-15-9-16-24-41)42-25-17-10-18-26-42;5*1-2-4-5-3-1;;;;;;/h7-34H,1-6H3;5*1-4H2;4*1H;;/q;;;;;;;;;;2*+2/p-4. The molecule has 0 N–H and O–H groups in total. The first-order chi connectivity index (χ1) is 36.6. The number of aliphatic imine (C=N–C) groups is 2. The van der Waals surface area contributed by atoms with E-state index in [0.717, 1.165) is 88.3 Å². The maximum atomic E-state index is 5.69. The predicted octanol–water partition coefficient (Wildman–Crippen LogP) is 3.30. The fourth-order valence-corrected chi connectivity index (χ4v) is 13.4. The molecule has 15 heteroatoms. The molecular weight excluding hydrogens is 1400 g/mol. The third-order valence-electron chi connectivity index (χ3n) is 12.8. The van der Waals surface area contributed by atoms with Crippen molar-refractivity contribution < 1.29 is 125 Å². The number of benzene rings is 6. The van der Waals surface area contributed by atoms with Gasteiger partial charge in [-0.15, -0.1) is 0 Å². The molecule has 5 aliphatic heterocycles. The average molecular weight is 1490 g/mol. The van der Waals surface area contributed by atoms with Crippen molar-refractivity contribution in [3.8, 4) is 0 Å². The molecule has 0 bridgehead atoms. The van der Waals surface area contributed by atoms with E-state index >= 15 is 0 Å². The maximum Gasteiger partial charge on any atom is 2.00 e. The van der Waals surface area contributed by atoms with Crippen LogP contribution < -0.4 is 89.1 Å². The van der Waals surface area contributed by atoms with Crippen LogP contribution in [0, 0.1) is 0 Å². The van der Waals surface area contributed by atoms with E-state index < -0.39 is 15.8 Å². The quantitative estimate of drug-likeness (QED) is 0.127. The molecule has 6 aromatic rings. The summed E-state index contributed by atoms with van der Waals surface area (Å²) < 4.78 is 24.7. The molecule has 5 saturated heterocycles. The van der Waals surface area contributed by atoms with Crippen molar-refractivity contribution in [3.63, 3.8) is 0 Å². The van der Waals surface area contributed by atoms with Crippen LogP contribution in [0.2, 0.25) is 0 Å². The summed E-state index contributed by atoms with van der Waals surface area (Å²) in [7, 11) is -2.21. The number of ether oxygens (including phenoxy) is 5. The Hall–Kier alpha value is -1.77. The second kappa shape index (κ2) is 45.5. The van der Waals surface area contributed by atoms with E-state index in [1.54, 1.807) is 0 Å². The Morgan fingerprint density at radius 3 is 0.630 bits per heavy atom. The van der Waals surface area contributed by atoms with Gasteiger partial charge in [-0.25, -0.2) is 9.98 Å². The van der Waals surface area contributed by atoms with Gasteiger partial charge in [0.05, 0.1) is 22.3 Å². The van der Waals surface area contributed by atoms with Crippen LogP contribution in [0.15, 0.2) is 180 Å². The van der Waals surface area contributed by atoms with Gasteiger partial charge in [0.25, 0.3) is 0 Å². The van der Waals surface area contributed by atoms with Gasteiger partial charge in [0.15, 0.2) is 0 Å². The monoisotopic (exact) mass is 1480 g/mol. The largest absolute Gasteiger partial charge is 2.00 e. The topological polar surface area (TPSA) is 70.9 Å². The van der Waals surface area contributed by atoms with Crippen LogP contribution in [0.4, 0.5) is 11.4 Å². The Morgan fingerprint density at radius 1 is 0.296 bits per heavy atom. The Kier molecular flexibility index (Phi) is 44.5. The summed E-state index contributed by atoms with van der Waals surface area (Å²) in [4.78, 5) is 11.4. The minimum absolute atomic E-state index is 0. The minimum atomic E-state index is -1.11. The van der Waals surface area contributed by atoms with Crippen LogP contribution in [0.25, 0.3) is 0 Å². The van der Waals surface area contributed by atoms with Crippen molar-refractivity contribution >= 4 is 59.3 Å². The number of nitrogens with zero attached hydrogens (tertiary/aromatic N) is 2. The summed E-state index contributed by atoms with van der Waals surface area (Å²) in [6.07, 6.45) is 12.8. The SMILES string of the molecule is C1CCOC1.C1CCOC1.C1CCOC1.C1CCOC1.C1CCOC1.CC(C)(C)c1ccc(N=C(C(=Nc2ccc(C(C)(C)C)cc2)P(c2ccccc2)c2ccccc2)P(c2ccccc2)c2ccccc2)cc1.[Br-].[Br-].[Br-].[Br-].[Ni+2].[Ni+2]. The van der Waals surface area contributed by atoms with Gasteiger partial charge in [-0.05, 0) is 132 Å². The first-order valence-corrected chi connectivity index (χ1v) is 30.3. The fraction of sp³-hybridized carbons (Fsp3) is 0.424. The van der Waals surface area contributed by atoms with Gasteiger partial charge in [0, 0.05) is 81.9 Å². The molecule has 0 atom stereocenters. The summed E-state index contributed by atoms with van der Waals surface area (Å²) in [5.41, 5.74) is 6.56. The molecule has 5 aliphatic rings. The van der Waals surface area contributed by atoms with Gasteiger partial charge in [0.2, 0.25) is 0 Å². The van der Waals surface area contributed by atoms with Crippen molar-refractivity contribution in [2.24, 2.45) is 9.98 Å². The number of rotatable bonds is 9. The summed E-state index contributed by atoms with van der Waals surface area (Å²) in [5, 5.41) is 4.97. The van der Waals surface area contributed by atoms with Crippen molar-refractivity contribution in [1.29, 1.82) is 0 Å². The second-order valence-electron chi connectivity index (χ2n) is 21.1. The van der Waals surface area contributed by atoms with E-state index in [-0.39, 0.29) is 112 Å². The molecule has 0 amide bonds. The Bertz CT molecular complexity index is 2180. The molecule has 0 aromatic heterocycles. The van der Waals surface area contributed by atoms with E-state index in [2.05, 4.69) is 211 Å². The molecule has 0 radical (unpaired) electrons.